The summed E-state index contributed by atoms with van der Waals surface area (Å²) in [6.07, 6.45) is 0. The van der Waals surface area contributed by atoms with Gasteiger partial charge in [-0.2, -0.15) is 0 Å². The predicted molar refractivity (Wildman–Crippen MR) is 279 cm³/mol. The van der Waals surface area contributed by atoms with E-state index in [0.29, 0.717) is 0 Å². The second-order valence-electron chi connectivity index (χ2n) is 16.2. The van der Waals surface area contributed by atoms with Crippen LogP contribution in [0.15, 0.2) is 241 Å². The Bertz CT molecular complexity index is 3710. The summed E-state index contributed by atoms with van der Waals surface area (Å²) in [7, 11) is 0. The monoisotopic (exact) mass is 852 g/mol. The molecule has 0 aliphatic rings. The third-order valence-electron chi connectivity index (χ3n) is 12.5. The molecule has 11 aromatic carbocycles. The van der Waals surface area contributed by atoms with Crippen LogP contribution in [0.4, 0.5) is 34.1 Å². The van der Waals surface area contributed by atoms with E-state index in [4.69, 9.17) is 12.6 Å². The Morgan fingerprint density at radius 3 is 1.73 bits per heavy atom. The van der Waals surface area contributed by atoms with Gasteiger partial charge in [0.25, 0.3) is 0 Å². The van der Waals surface area contributed by atoms with Gasteiger partial charge in [0.2, 0.25) is 0 Å². The molecule has 0 saturated carbocycles. The van der Waals surface area contributed by atoms with E-state index in [9.17, 15) is 0 Å². The third-order valence-corrected chi connectivity index (χ3v) is 14.1. The first kappa shape index (κ1) is 38.1. The summed E-state index contributed by atoms with van der Waals surface area (Å²) in [6, 6.07) is 85.9. The van der Waals surface area contributed by atoms with Crippen LogP contribution in [0.5, 0.6) is 0 Å². The molecule has 0 spiro atoms. The lowest BCUT2D eigenvalue weighted by molar-refractivity contribution is 1.28. The first-order valence-corrected chi connectivity index (χ1v) is 22.9. The van der Waals surface area contributed by atoms with Crippen molar-refractivity contribution in [1.82, 2.24) is 0 Å². The van der Waals surface area contributed by atoms with E-state index in [1.807, 2.05) is 11.3 Å². The van der Waals surface area contributed by atoms with Crippen molar-refractivity contribution in [3.63, 3.8) is 0 Å². The molecule has 0 fully saturated rings. The maximum absolute atomic E-state index is 5.13. The van der Waals surface area contributed by atoms with E-state index in [2.05, 4.69) is 246 Å². The van der Waals surface area contributed by atoms with E-state index in [1.165, 1.54) is 52.8 Å². The molecule has 1 aromatic heterocycles. The zero-order valence-corrected chi connectivity index (χ0v) is 36.5. The summed E-state index contributed by atoms with van der Waals surface area (Å²) in [4.78, 5) is 5.85. The fourth-order valence-electron chi connectivity index (χ4n) is 9.51. The zero-order valence-electron chi connectivity index (χ0n) is 34.8. The SMILES string of the molecule is Sc1c(-c2cccc(N(c3ccccc3)c3cc4ccccc4c4ccc(N(c5ccc6c(c5)sc5ccccc56)c5ccccc5-c5ccccc5)cc34)c2)ccc2ccccc12. The van der Waals surface area contributed by atoms with Crippen molar-refractivity contribution in [2.75, 3.05) is 9.80 Å². The number of nitrogens with zero attached hydrogens (tertiary/aromatic N) is 2. The average Bonchev–Trinajstić information content (AvgIpc) is 3.73. The van der Waals surface area contributed by atoms with Crippen LogP contribution in [0.2, 0.25) is 0 Å². The van der Waals surface area contributed by atoms with Crippen molar-refractivity contribution < 1.29 is 0 Å². The van der Waals surface area contributed by atoms with Gasteiger partial charge in [0, 0.05) is 58.8 Å². The summed E-state index contributed by atoms with van der Waals surface area (Å²) in [5.74, 6) is 0. The minimum atomic E-state index is 0.979. The van der Waals surface area contributed by atoms with Crippen molar-refractivity contribution in [2.24, 2.45) is 0 Å². The summed E-state index contributed by atoms with van der Waals surface area (Å²) in [5, 5.41) is 9.64. The van der Waals surface area contributed by atoms with Crippen LogP contribution in [0.3, 0.4) is 0 Å². The van der Waals surface area contributed by atoms with Gasteiger partial charge in [0.15, 0.2) is 0 Å². The smallest absolute Gasteiger partial charge is 0.0547 e. The standard InChI is InChI=1S/C60H40N2S2/c63-60-50-26-10-7-18-41(50)30-33-51(60)42-20-15-23-45(36-42)61(44-21-5-2-6-22-44)57-37-43-19-8-9-24-48(43)52-34-31-46(38-55(52)57)62(56-28-13-11-25-49(56)40-16-3-1-4-17-40)47-32-35-54-53-27-12-14-29-58(53)64-59(54)39-47/h1-39,63H. The highest BCUT2D eigenvalue weighted by Crippen LogP contribution is 2.48. The minimum Gasteiger partial charge on any atom is -0.310 e. The Hall–Kier alpha value is -7.63. The Balaban J connectivity index is 1.11. The molecule has 0 saturated heterocycles. The van der Waals surface area contributed by atoms with Gasteiger partial charge in [-0.25, -0.2) is 0 Å². The van der Waals surface area contributed by atoms with Crippen LogP contribution in [0.25, 0.3) is 74.7 Å². The molecular formula is C60H40N2S2. The number of benzene rings is 11. The Morgan fingerprint density at radius 2 is 0.891 bits per heavy atom. The summed E-state index contributed by atoms with van der Waals surface area (Å²) >= 11 is 6.98. The van der Waals surface area contributed by atoms with Crippen LogP contribution < -0.4 is 9.80 Å². The normalized spacial score (nSPS) is 11.5. The average molecular weight is 853 g/mol. The van der Waals surface area contributed by atoms with Crippen molar-refractivity contribution in [3.8, 4) is 22.3 Å². The fraction of sp³-hybridized carbons (Fsp3) is 0. The molecule has 12 rings (SSSR count). The first-order valence-electron chi connectivity index (χ1n) is 21.6. The molecule has 0 aliphatic heterocycles. The molecule has 0 atom stereocenters. The molecule has 0 N–H and O–H groups in total. The molecular weight excluding hydrogens is 813 g/mol. The van der Waals surface area contributed by atoms with Crippen molar-refractivity contribution >= 4 is 111 Å². The Kier molecular flexibility index (Phi) is 9.48. The van der Waals surface area contributed by atoms with Gasteiger partial charge in [-0.15, -0.1) is 24.0 Å². The summed E-state index contributed by atoms with van der Waals surface area (Å²) in [6.45, 7) is 0. The maximum atomic E-state index is 5.13. The lowest BCUT2D eigenvalue weighted by Crippen LogP contribution is -2.13. The van der Waals surface area contributed by atoms with Crippen LogP contribution in [0.1, 0.15) is 0 Å². The lowest BCUT2D eigenvalue weighted by Gasteiger charge is -2.30. The lowest BCUT2D eigenvalue weighted by atomic mass is 9.96. The van der Waals surface area contributed by atoms with E-state index in [-0.39, 0.29) is 0 Å². The molecule has 0 radical (unpaired) electrons. The molecule has 0 amide bonds. The second-order valence-corrected chi connectivity index (χ2v) is 17.8. The van der Waals surface area contributed by atoms with E-state index >= 15 is 0 Å². The molecule has 1 heterocycles. The molecule has 4 heteroatoms. The van der Waals surface area contributed by atoms with Gasteiger partial charge in [0.05, 0.1) is 11.4 Å². The van der Waals surface area contributed by atoms with Gasteiger partial charge >= 0.3 is 0 Å². The minimum absolute atomic E-state index is 0.979. The summed E-state index contributed by atoms with van der Waals surface area (Å²) < 4.78 is 2.56. The molecule has 0 unspecified atom stereocenters. The summed E-state index contributed by atoms with van der Waals surface area (Å²) in [5.41, 5.74) is 11.1. The van der Waals surface area contributed by atoms with E-state index < -0.39 is 0 Å². The second kappa shape index (κ2) is 15.9. The van der Waals surface area contributed by atoms with Crippen LogP contribution in [-0.2, 0) is 0 Å². The number of hydrogen-bond donors (Lipinski definition) is 1. The fourth-order valence-corrected chi connectivity index (χ4v) is 11.1. The topological polar surface area (TPSA) is 6.48 Å². The van der Waals surface area contributed by atoms with E-state index in [1.54, 1.807) is 0 Å². The highest BCUT2D eigenvalue weighted by atomic mass is 32.1. The number of fused-ring (bicyclic) bond motifs is 7. The van der Waals surface area contributed by atoms with Gasteiger partial charge in [-0.05, 0) is 110 Å². The largest absolute Gasteiger partial charge is 0.310 e. The first-order chi connectivity index (χ1) is 31.7. The van der Waals surface area contributed by atoms with Crippen molar-refractivity contribution in [3.05, 3.63) is 237 Å². The molecule has 302 valence electrons. The molecule has 0 aliphatic carbocycles. The quantitative estimate of drug-likeness (QED) is 0.120. The van der Waals surface area contributed by atoms with Gasteiger partial charge in [0.1, 0.15) is 0 Å². The van der Waals surface area contributed by atoms with Gasteiger partial charge in [-0.3, -0.25) is 0 Å². The Labute approximate surface area is 381 Å². The van der Waals surface area contributed by atoms with Crippen LogP contribution >= 0.6 is 24.0 Å². The van der Waals surface area contributed by atoms with E-state index in [0.717, 1.165) is 60.9 Å². The number of thiol groups is 1. The van der Waals surface area contributed by atoms with Crippen molar-refractivity contribution in [2.45, 2.75) is 4.90 Å². The number of thiophene rings is 1. The number of anilines is 6. The number of para-hydroxylation sites is 2. The Morgan fingerprint density at radius 1 is 0.297 bits per heavy atom. The maximum Gasteiger partial charge on any atom is 0.0547 e. The zero-order chi connectivity index (χ0) is 42.6. The third kappa shape index (κ3) is 6.58. The van der Waals surface area contributed by atoms with Crippen molar-refractivity contribution in [1.29, 1.82) is 0 Å². The molecule has 0 bridgehead atoms. The molecule has 12 aromatic rings. The number of rotatable bonds is 8. The highest BCUT2D eigenvalue weighted by molar-refractivity contribution is 7.80. The van der Waals surface area contributed by atoms with Gasteiger partial charge < -0.3 is 9.80 Å². The molecule has 2 nitrogen and oxygen atoms in total. The molecule has 64 heavy (non-hydrogen) atoms. The van der Waals surface area contributed by atoms with Crippen LogP contribution in [0, 0.1) is 0 Å². The van der Waals surface area contributed by atoms with Crippen LogP contribution in [-0.4, -0.2) is 0 Å². The van der Waals surface area contributed by atoms with Gasteiger partial charge in [-0.1, -0.05) is 170 Å². The highest BCUT2D eigenvalue weighted by Gasteiger charge is 2.23. The predicted octanol–water partition coefficient (Wildman–Crippen LogP) is 18.1. The number of hydrogen-bond acceptors (Lipinski definition) is 4.